The number of para-hydroxylation sites is 1. The highest BCUT2D eigenvalue weighted by molar-refractivity contribution is 7.22. The molecule has 0 aliphatic carbocycles. The van der Waals surface area contributed by atoms with Crippen molar-refractivity contribution in [2.45, 2.75) is 26.7 Å². The summed E-state index contributed by atoms with van der Waals surface area (Å²) in [6, 6.07) is 14.0. The second-order valence-corrected chi connectivity index (χ2v) is 6.50. The summed E-state index contributed by atoms with van der Waals surface area (Å²) < 4.78 is 6.72. The summed E-state index contributed by atoms with van der Waals surface area (Å²) in [5.41, 5.74) is 3.27. The third kappa shape index (κ3) is 3.74. The van der Waals surface area contributed by atoms with Crippen LogP contribution in [0.15, 0.2) is 42.5 Å². The third-order valence-electron chi connectivity index (χ3n) is 3.82. The standard InChI is InChI=1S/C19H20N2O2S/c1-3-13-9-10-15-17(11-13)24-19(20-15)21-18(22)12-23-16-8-6-5-7-14(16)4-2/h5-11H,3-4,12H2,1-2H3,(H,20,21,22). The number of hydrogen-bond acceptors (Lipinski definition) is 4. The fraction of sp³-hybridized carbons (Fsp3) is 0.263. The van der Waals surface area contributed by atoms with Gasteiger partial charge in [-0.25, -0.2) is 4.98 Å². The molecule has 0 aliphatic heterocycles. The second-order valence-electron chi connectivity index (χ2n) is 5.47. The lowest BCUT2D eigenvalue weighted by Crippen LogP contribution is -2.20. The summed E-state index contributed by atoms with van der Waals surface area (Å²) in [5.74, 6) is 0.558. The van der Waals surface area contributed by atoms with Gasteiger partial charge in [-0.1, -0.05) is 49.4 Å². The van der Waals surface area contributed by atoms with E-state index in [-0.39, 0.29) is 12.5 Å². The number of thiazole rings is 1. The molecule has 5 heteroatoms. The number of rotatable bonds is 6. The van der Waals surface area contributed by atoms with Gasteiger partial charge in [-0.15, -0.1) is 0 Å². The molecule has 3 rings (SSSR count). The Morgan fingerprint density at radius 3 is 2.79 bits per heavy atom. The predicted molar refractivity (Wildman–Crippen MR) is 98.9 cm³/mol. The first-order valence-corrected chi connectivity index (χ1v) is 8.91. The van der Waals surface area contributed by atoms with Crippen molar-refractivity contribution in [1.29, 1.82) is 0 Å². The van der Waals surface area contributed by atoms with Crippen LogP contribution in [0, 0.1) is 0 Å². The Morgan fingerprint density at radius 2 is 2.00 bits per heavy atom. The van der Waals surface area contributed by atoms with Gasteiger partial charge < -0.3 is 4.74 Å². The number of carbonyl (C=O) groups is 1. The molecule has 3 aromatic rings. The number of amides is 1. The Kier molecular flexibility index (Phi) is 5.11. The maximum absolute atomic E-state index is 12.1. The number of ether oxygens (including phenoxy) is 1. The van der Waals surface area contributed by atoms with Crippen LogP contribution >= 0.6 is 11.3 Å². The fourth-order valence-corrected chi connectivity index (χ4v) is 3.42. The first-order chi connectivity index (χ1) is 11.7. The largest absolute Gasteiger partial charge is 0.483 e. The predicted octanol–water partition coefficient (Wildman–Crippen LogP) is 4.44. The lowest BCUT2D eigenvalue weighted by atomic mass is 10.1. The van der Waals surface area contributed by atoms with Crippen LogP contribution in [0.3, 0.4) is 0 Å². The van der Waals surface area contributed by atoms with Crippen molar-refractivity contribution in [2.75, 3.05) is 11.9 Å². The average molecular weight is 340 g/mol. The van der Waals surface area contributed by atoms with Crippen molar-refractivity contribution in [3.63, 3.8) is 0 Å². The monoisotopic (exact) mass is 340 g/mol. The molecule has 0 saturated carbocycles. The van der Waals surface area contributed by atoms with Crippen LogP contribution in [-0.2, 0) is 17.6 Å². The van der Waals surface area contributed by atoms with Crippen molar-refractivity contribution in [3.8, 4) is 5.75 Å². The zero-order valence-electron chi connectivity index (χ0n) is 13.8. The topological polar surface area (TPSA) is 51.2 Å². The van der Waals surface area contributed by atoms with E-state index in [1.54, 1.807) is 0 Å². The van der Waals surface area contributed by atoms with E-state index in [0.29, 0.717) is 5.13 Å². The number of nitrogens with one attached hydrogen (secondary N) is 1. The summed E-state index contributed by atoms with van der Waals surface area (Å²) in [6.07, 6.45) is 1.86. The Bertz CT molecular complexity index is 857. The number of fused-ring (bicyclic) bond motifs is 1. The minimum Gasteiger partial charge on any atom is -0.483 e. The average Bonchev–Trinajstić information content (AvgIpc) is 3.01. The van der Waals surface area contributed by atoms with Crippen LogP contribution in [0.4, 0.5) is 5.13 Å². The SMILES string of the molecule is CCc1ccc2nc(NC(=O)COc3ccccc3CC)sc2c1. The zero-order valence-corrected chi connectivity index (χ0v) is 14.7. The molecule has 1 amide bonds. The lowest BCUT2D eigenvalue weighted by Gasteiger charge is -2.09. The van der Waals surface area contributed by atoms with Crippen molar-refractivity contribution < 1.29 is 9.53 Å². The van der Waals surface area contributed by atoms with Crippen LogP contribution in [0.2, 0.25) is 0 Å². The number of aromatic nitrogens is 1. The van der Waals surface area contributed by atoms with Gasteiger partial charge in [0.15, 0.2) is 11.7 Å². The van der Waals surface area contributed by atoms with Crippen molar-refractivity contribution in [2.24, 2.45) is 0 Å². The molecule has 0 aliphatic rings. The van der Waals surface area contributed by atoms with E-state index in [9.17, 15) is 4.79 Å². The van der Waals surface area contributed by atoms with Gasteiger partial charge in [0.25, 0.3) is 5.91 Å². The molecule has 124 valence electrons. The first-order valence-electron chi connectivity index (χ1n) is 8.09. The summed E-state index contributed by atoms with van der Waals surface area (Å²) >= 11 is 1.49. The number of aryl methyl sites for hydroxylation is 2. The van der Waals surface area contributed by atoms with Gasteiger partial charge in [-0.2, -0.15) is 0 Å². The Labute approximate surface area is 145 Å². The van der Waals surface area contributed by atoms with Crippen molar-refractivity contribution in [3.05, 3.63) is 53.6 Å². The number of carbonyl (C=O) groups excluding carboxylic acids is 1. The maximum atomic E-state index is 12.1. The zero-order chi connectivity index (χ0) is 16.9. The number of anilines is 1. The molecule has 0 spiro atoms. The van der Waals surface area contributed by atoms with E-state index < -0.39 is 0 Å². The van der Waals surface area contributed by atoms with E-state index in [1.807, 2.05) is 30.3 Å². The van der Waals surface area contributed by atoms with E-state index in [1.165, 1.54) is 16.9 Å². The van der Waals surface area contributed by atoms with Crippen molar-refractivity contribution in [1.82, 2.24) is 4.98 Å². The smallest absolute Gasteiger partial charge is 0.264 e. The molecule has 1 N–H and O–H groups in total. The minimum absolute atomic E-state index is 0.0207. The molecule has 2 aromatic carbocycles. The second kappa shape index (κ2) is 7.45. The van der Waals surface area contributed by atoms with E-state index >= 15 is 0 Å². The van der Waals surface area contributed by atoms with Gasteiger partial charge in [0, 0.05) is 0 Å². The molecule has 0 bridgehead atoms. The highest BCUT2D eigenvalue weighted by Gasteiger charge is 2.10. The summed E-state index contributed by atoms with van der Waals surface area (Å²) in [5, 5.41) is 3.43. The number of hydrogen-bond donors (Lipinski definition) is 1. The molecule has 4 nitrogen and oxygen atoms in total. The van der Waals surface area contributed by atoms with E-state index in [2.05, 4.69) is 36.3 Å². The fourth-order valence-electron chi connectivity index (χ4n) is 2.48. The molecule has 1 aromatic heterocycles. The van der Waals surface area contributed by atoms with Gasteiger partial charge >= 0.3 is 0 Å². The minimum atomic E-state index is -0.198. The summed E-state index contributed by atoms with van der Waals surface area (Å²) in [4.78, 5) is 16.6. The Morgan fingerprint density at radius 1 is 1.17 bits per heavy atom. The third-order valence-corrected chi connectivity index (χ3v) is 4.75. The molecule has 1 heterocycles. The lowest BCUT2D eigenvalue weighted by molar-refractivity contribution is -0.118. The molecule has 0 radical (unpaired) electrons. The Hall–Kier alpha value is -2.40. The van der Waals surface area contributed by atoms with Crippen molar-refractivity contribution >= 4 is 32.6 Å². The molecule has 0 saturated heterocycles. The molecular formula is C19H20N2O2S. The highest BCUT2D eigenvalue weighted by Crippen LogP contribution is 2.27. The number of benzene rings is 2. The maximum Gasteiger partial charge on any atom is 0.264 e. The van der Waals surface area contributed by atoms with Crippen LogP contribution < -0.4 is 10.1 Å². The summed E-state index contributed by atoms with van der Waals surface area (Å²) in [6.45, 7) is 4.16. The molecule has 0 fully saturated rings. The van der Waals surface area contributed by atoms with Crippen LogP contribution in [0.25, 0.3) is 10.2 Å². The molecule has 0 unspecified atom stereocenters. The van der Waals surface area contributed by atoms with Crippen LogP contribution in [0.5, 0.6) is 5.75 Å². The highest BCUT2D eigenvalue weighted by atomic mass is 32.1. The Balaban J connectivity index is 1.64. The summed E-state index contributed by atoms with van der Waals surface area (Å²) in [7, 11) is 0. The normalized spacial score (nSPS) is 10.8. The van der Waals surface area contributed by atoms with Crippen LogP contribution in [0.1, 0.15) is 25.0 Å². The van der Waals surface area contributed by atoms with Gasteiger partial charge in [0.2, 0.25) is 0 Å². The van der Waals surface area contributed by atoms with E-state index in [4.69, 9.17) is 4.74 Å². The van der Waals surface area contributed by atoms with Crippen LogP contribution in [-0.4, -0.2) is 17.5 Å². The van der Waals surface area contributed by atoms with E-state index in [0.717, 1.165) is 34.4 Å². The first kappa shape index (κ1) is 16.5. The quantitative estimate of drug-likeness (QED) is 0.722. The van der Waals surface area contributed by atoms with Gasteiger partial charge in [0.05, 0.1) is 10.2 Å². The van der Waals surface area contributed by atoms with Gasteiger partial charge in [-0.05, 0) is 42.2 Å². The number of nitrogens with zero attached hydrogens (tertiary/aromatic N) is 1. The van der Waals surface area contributed by atoms with Gasteiger partial charge in [0.1, 0.15) is 5.75 Å². The molecule has 0 atom stereocenters. The van der Waals surface area contributed by atoms with Gasteiger partial charge in [-0.3, -0.25) is 10.1 Å². The molecular weight excluding hydrogens is 320 g/mol. The molecule has 24 heavy (non-hydrogen) atoms.